The third-order valence-electron chi connectivity index (χ3n) is 5.87. The molecule has 5 rings (SSSR count). The molecule has 0 bridgehead atoms. The van der Waals surface area contributed by atoms with Crippen molar-refractivity contribution in [3.8, 4) is 5.69 Å². The lowest BCUT2D eigenvalue weighted by molar-refractivity contribution is 0.224. The van der Waals surface area contributed by atoms with Crippen LogP contribution in [0.4, 0.5) is 9.18 Å². The van der Waals surface area contributed by atoms with E-state index in [0.29, 0.717) is 6.04 Å². The molecule has 6 heteroatoms. The van der Waals surface area contributed by atoms with E-state index in [4.69, 9.17) is 0 Å². The van der Waals surface area contributed by atoms with Crippen LogP contribution in [-0.4, -0.2) is 39.3 Å². The minimum atomic E-state index is -0.253. The second kappa shape index (κ2) is 4.94. The number of rotatable bonds is 1. The first-order valence-electron chi connectivity index (χ1n) is 8.70. The maximum atomic E-state index is 13.2. The Bertz CT molecular complexity index is 901. The molecule has 2 fully saturated rings. The van der Waals surface area contributed by atoms with Crippen LogP contribution in [0.3, 0.4) is 0 Å². The van der Waals surface area contributed by atoms with Crippen molar-refractivity contribution < 1.29 is 9.18 Å². The van der Waals surface area contributed by atoms with Crippen molar-refractivity contribution in [3.63, 3.8) is 0 Å². The van der Waals surface area contributed by atoms with Gasteiger partial charge in [-0.2, -0.15) is 5.10 Å². The van der Waals surface area contributed by atoms with Gasteiger partial charge in [0.15, 0.2) is 0 Å². The highest BCUT2D eigenvalue weighted by Crippen LogP contribution is 2.58. The highest BCUT2D eigenvalue weighted by atomic mass is 19.1. The number of likely N-dealkylation sites (tertiary alicyclic amines) is 1. The van der Waals surface area contributed by atoms with Crippen LogP contribution < -0.4 is 5.32 Å². The van der Waals surface area contributed by atoms with E-state index in [-0.39, 0.29) is 17.4 Å². The number of aromatic nitrogens is 2. The fourth-order valence-corrected chi connectivity index (χ4v) is 4.71. The summed E-state index contributed by atoms with van der Waals surface area (Å²) in [6, 6.07) is 6.69. The Balaban J connectivity index is 1.58. The maximum Gasteiger partial charge on any atom is 0.318 e. The molecule has 1 aromatic heterocycles. The molecule has 5 nitrogen and oxygen atoms in total. The van der Waals surface area contributed by atoms with E-state index in [1.54, 1.807) is 19.2 Å². The largest absolute Gasteiger partial charge is 0.341 e. The smallest absolute Gasteiger partial charge is 0.318 e. The number of carbonyl (C=O) groups is 1. The Morgan fingerprint density at radius 1 is 1.36 bits per heavy atom. The lowest BCUT2D eigenvalue weighted by Gasteiger charge is -2.28. The summed E-state index contributed by atoms with van der Waals surface area (Å²) in [5.74, 6) is -0.253. The molecule has 128 valence electrons. The van der Waals surface area contributed by atoms with Crippen LogP contribution in [0.5, 0.6) is 0 Å². The molecule has 1 spiro atoms. The monoisotopic (exact) mass is 338 g/mol. The summed E-state index contributed by atoms with van der Waals surface area (Å²) in [5, 5.41) is 7.30. The number of fused-ring (bicyclic) bond motifs is 1. The Labute approximate surface area is 145 Å². The van der Waals surface area contributed by atoms with Crippen molar-refractivity contribution in [2.24, 2.45) is 0 Å². The molecule has 2 aromatic rings. The fourth-order valence-electron chi connectivity index (χ4n) is 4.71. The Hall–Kier alpha value is -2.63. The predicted molar refractivity (Wildman–Crippen MR) is 91.9 cm³/mol. The van der Waals surface area contributed by atoms with Crippen LogP contribution >= 0.6 is 0 Å². The van der Waals surface area contributed by atoms with Crippen LogP contribution in [0.25, 0.3) is 11.8 Å². The number of nitrogens with zero attached hydrogens (tertiary/aromatic N) is 3. The molecule has 3 aliphatic rings. The van der Waals surface area contributed by atoms with Crippen LogP contribution in [0.15, 0.2) is 36.0 Å². The summed E-state index contributed by atoms with van der Waals surface area (Å²) in [7, 11) is 1.69. The number of urea groups is 1. The van der Waals surface area contributed by atoms with Gasteiger partial charge < -0.3 is 10.2 Å². The second-order valence-corrected chi connectivity index (χ2v) is 7.05. The van der Waals surface area contributed by atoms with Gasteiger partial charge in [0.2, 0.25) is 0 Å². The summed E-state index contributed by atoms with van der Waals surface area (Å²) in [4.78, 5) is 14.3. The molecule has 2 amide bonds. The highest BCUT2D eigenvalue weighted by Gasteiger charge is 2.68. The zero-order chi connectivity index (χ0) is 17.2. The molecular formula is C19H19FN4O. The third kappa shape index (κ3) is 1.88. The molecule has 0 radical (unpaired) electrons. The quantitative estimate of drug-likeness (QED) is 0.813. The van der Waals surface area contributed by atoms with Crippen LogP contribution in [0.1, 0.15) is 30.5 Å². The van der Waals surface area contributed by atoms with Gasteiger partial charge in [-0.1, -0.05) is 0 Å². The van der Waals surface area contributed by atoms with E-state index in [1.807, 2.05) is 15.8 Å². The molecule has 1 saturated carbocycles. The topological polar surface area (TPSA) is 49.9 Å². The van der Waals surface area contributed by atoms with Crippen LogP contribution in [0.2, 0.25) is 0 Å². The van der Waals surface area contributed by atoms with Crippen molar-refractivity contribution in [1.29, 1.82) is 0 Å². The summed E-state index contributed by atoms with van der Waals surface area (Å²) < 4.78 is 15.1. The van der Waals surface area contributed by atoms with Gasteiger partial charge in [-0.05, 0) is 55.2 Å². The minimum absolute atomic E-state index is 0.00664. The Kier molecular flexibility index (Phi) is 2.90. The van der Waals surface area contributed by atoms with E-state index in [0.717, 1.165) is 42.6 Å². The lowest BCUT2D eigenvalue weighted by Crippen LogP contribution is -2.35. The summed E-state index contributed by atoms with van der Waals surface area (Å²) >= 11 is 0. The van der Waals surface area contributed by atoms with Crippen molar-refractivity contribution in [3.05, 3.63) is 53.1 Å². The first-order valence-corrected chi connectivity index (χ1v) is 8.70. The number of nitrogens with one attached hydrogen (secondary N) is 1. The first-order chi connectivity index (χ1) is 12.1. The number of amides is 2. The van der Waals surface area contributed by atoms with Crippen molar-refractivity contribution in [1.82, 2.24) is 20.0 Å². The van der Waals surface area contributed by atoms with Gasteiger partial charge >= 0.3 is 6.03 Å². The fraction of sp³-hybridized carbons (Fsp3) is 0.368. The molecule has 2 aliphatic carbocycles. The minimum Gasteiger partial charge on any atom is -0.341 e. The van der Waals surface area contributed by atoms with Gasteiger partial charge in [0, 0.05) is 19.0 Å². The molecule has 1 aromatic carbocycles. The van der Waals surface area contributed by atoms with E-state index in [2.05, 4.69) is 16.5 Å². The number of hydrogen-bond donors (Lipinski definition) is 1. The van der Waals surface area contributed by atoms with Crippen molar-refractivity contribution >= 4 is 12.1 Å². The molecule has 1 N–H and O–H groups in total. The van der Waals surface area contributed by atoms with Gasteiger partial charge in [-0.15, -0.1) is 0 Å². The van der Waals surface area contributed by atoms with Gasteiger partial charge in [-0.3, -0.25) is 0 Å². The molecule has 2 heterocycles. The normalized spacial score (nSPS) is 26.2. The molecular weight excluding hydrogens is 319 g/mol. The number of halogens is 1. The third-order valence-corrected chi connectivity index (χ3v) is 5.87. The highest BCUT2D eigenvalue weighted by molar-refractivity contribution is 5.83. The zero-order valence-electron chi connectivity index (χ0n) is 14.0. The average Bonchev–Trinajstić information content (AvgIpc) is 3.11. The molecule has 2 unspecified atom stereocenters. The predicted octanol–water partition coefficient (Wildman–Crippen LogP) is 2.90. The Morgan fingerprint density at radius 2 is 2.16 bits per heavy atom. The van der Waals surface area contributed by atoms with Gasteiger partial charge in [0.1, 0.15) is 5.82 Å². The van der Waals surface area contributed by atoms with Crippen LogP contribution in [0, 0.1) is 5.82 Å². The average molecular weight is 338 g/mol. The van der Waals surface area contributed by atoms with Crippen molar-refractivity contribution in [2.45, 2.75) is 37.3 Å². The summed E-state index contributed by atoms with van der Waals surface area (Å²) in [5.41, 5.74) is 4.22. The van der Waals surface area contributed by atoms with E-state index in [9.17, 15) is 9.18 Å². The molecule has 1 saturated heterocycles. The zero-order valence-corrected chi connectivity index (χ0v) is 14.0. The van der Waals surface area contributed by atoms with Gasteiger partial charge in [-0.25, -0.2) is 13.9 Å². The molecule has 1 aliphatic heterocycles. The van der Waals surface area contributed by atoms with E-state index >= 15 is 0 Å². The standard InChI is InChI=1S/C19H19FN4O/c1-21-18(25)23-17-4-2-3-13-9-16-12(10-19(13,17)23)11-22-24(16)15-7-5-14(20)6-8-15/h5-9,11,17H,2-4,10H2,1H3,(H,21,25). The van der Waals surface area contributed by atoms with Crippen LogP contribution in [-0.2, 0) is 6.42 Å². The lowest BCUT2D eigenvalue weighted by atomic mass is 9.76. The Morgan fingerprint density at radius 3 is 2.92 bits per heavy atom. The summed E-state index contributed by atoms with van der Waals surface area (Å²) in [6.45, 7) is 0. The number of benzene rings is 1. The SMILES string of the molecule is CNC(=O)N1C2CCCC3=Cc4c(cnn4-c4ccc(F)cc4)CC321. The number of hydrogen-bond acceptors (Lipinski definition) is 2. The first kappa shape index (κ1) is 14.7. The van der Waals surface area contributed by atoms with Gasteiger partial charge in [0.25, 0.3) is 0 Å². The second-order valence-electron chi connectivity index (χ2n) is 7.05. The molecule has 2 atom stereocenters. The number of carbonyl (C=O) groups excluding carboxylic acids is 1. The molecule has 25 heavy (non-hydrogen) atoms. The van der Waals surface area contributed by atoms with E-state index < -0.39 is 0 Å². The van der Waals surface area contributed by atoms with E-state index in [1.165, 1.54) is 17.7 Å². The van der Waals surface area contributed by atoms with Gasteiger partial charge in [0.05, 0.1) is 29.2 Å². The maximum absolute atomic E-state index is 13.2. The summed E-state index contributed by atoms with van der Waals surface area (Å²) in [6.07, 6.45) is 8.07. The van der Waals surface area contributed by atoms with Crippen molar-refractivity contribution in [2.75, 3.05) is 7.05 Å².